The zero-order valence-corrected chi connectivity index (χ0v) is 10.8. The van der Waals surface area contributed by atoms with Crippen molar-refractivity contribution in [3.8, 4) is 0 Å². The molecule has 1 N–H and O–H groups in total. The van der Waals surface area contributed by atoms with E-state index in [9.17, 15) is 9.59 Å². The number of H-pyrrole nitrogens is 1. The van der Waals surface area contributed by atoms with Crippen molar-refractivity contribution in [2.75, 3.05) is 6.61 Å². The van der Waals surface area contributed by atoms with E-state index in [1.54, 1.807) is 19.1 Å². The first-order valence-corrected chi connectivity index (χ1v) is 5.91. The van der Waals surface area contributed by atoms with E-state index < -0.39 is 5.97 Å². The standard InChI is InChI=1S/C13H12ClNO3/c1-3-18-13(17)10-6-15-11-7(2)4-8(14)5-9(11)12(10)16/h4-6H,3H2,1-2H3,(H,15,16). The lowest BCUT2D eigenvalue weighted by molar-refractivity contribution is 0.0524. The SMILES string of the molecule is CCOC(=O)c1c[nH]c2c(C)cc(Cl)cc2c1=O. The van der Waals surface area contributed by atoms with Crippen molar-refractivity contribution in [2.45, 2.75) is 13.8 Å². The van der Waals surface area contributed by atoms with Crippen LogP contribution in [-0.4, -0.2) is 17.6 Å². The molecule has 0 aliphatic heterocycles. The molecule has 2 aromatic rings. The van der Waals surface area contributed by atoms with E-state index in [1.807, 2.05) is 6.92 Å². The maximum atomic E-state index is 12.2. The number of hydrogen-bond acceptors (Lipinski definition) is 3. The van der Waals surface area contributed by atoms with Crippen LogP contribution >= 0.6 is 11.6 Å². The van der Waals surface area contributed by atoms with Gasteiger partial charge in [-0.2, -0.15) is 0 Å². The Hall–Kier alpha value is -1.81. The molecular formula is C13H12ClNO3. The zero-order chi connectivity index (χ0) is 13.3. The van der Waals surface area contributed by atoms with Crippen molar-refractivity contribution < 1.29 is 9.53 Å². The fourth-order valence-corrected chi connectivity index (χ4v) is 2.10. The van der Waals surface area contributed by atoms with E-state index in [2.05, 4.69) is 4.98 Å². The van der Waals surface area contributed by atoms with Gasteiger partial charge in [0.05, 0.1) is 12.1 Å². The van der Waals surface area contributed by atoms with Crippen LogP contribution in [0.25, 0.3) is 10.9 Å². The Kier molecular flexibility index (Phi) is 3.39. The molecule has 0 aliphatic carbocycles. The van der Waals surface area contributed by atoms with Gasteiger partial charge < -0.3 is 9.72 Å². The molecule has 18 heavy (non-hydrogen) atoms. The molecule has 94 valence electrons. The van der Waals surface area contributed by atoms with Crippen molar-refractivity contribution in [1.82, 2.24) is 4.98 Å². The summed E-state index contributed by atoms with van der Waals surface area (Å²) in [5, 5.41) is 0.858. The lowest BCUT2D eigenvalue weighted by Gasteiger charge is -2.06. The van der Waals surface area contributed by atoms with Crippen LogP contribution in [0.15, 0.2) is 23.1 Å². The minimum absolute atomic E-state index is 0.00832. The third-order valence-electron chi connectivity index (χ3n) is 2.65. The van der Waals surface area contributed by atoms with E-state index in [4.69, 9.17) is 16.3 Å². The third-order valence-corrected chi connectivity index (χ3v) is 2.86. The number of halogens is 1. The fraction of sp³-hybridized carbons (Fsp3) is 0.231. The van der Waals surface area contributed by atoms with Gasteiger partial charge in [-0.3, -0.25) is 4.79 Å². The molecule has 5 heteroatoms. The van der Waals surface area contributed by atoms with Gasteiger partial charge in [-0.1, -0.05) is 11.6 Å². The summed E-state index contributed by atoms with van der Waals surface area (Å²) in [5.41, 5.74) is 1.15. The predicted molar refractivity (Wildman–Crippen MR) is 70.3 cm³/mol. The number of hydrogen-bond donors (Lipinski definition) is 1. The smallest absolute Gasteiger partial charge is 0.343 e. The minimum atomic E-state index is -0.627. The van der Waals surface area contributed by atoms with Crippen LogP contribution in [0.2, 0.25) is 5.02 Å². The van der Waals surface area contributed by atoms with Crippen LogP contribution in [0.5, 0.6) is 0 Å². The normalized spacial score (nSPS) is 10.6. The van der Waals surface area contributed by atoms with E-state index >= 15 is 0 Å². The molecule has 0 unspecified atom stereocenters. The Morgan fingerprint density at radius 3 is 2.83 bits per heavy atom. The number of aromatic nitrogens is 1. The Balaban J connectivity index is 2.71. The summed E-state index contributed by atoms with van der Waals surface area (Å²) in [4.78, 5) is 26.7. The van der Waals surface area contributed by atoms with Crippen LogP contribution < -0.4 is 5.43 Å². The molecule has 0 amide bonds. The zero-order valence-electron chi connectivity index (χ0n) is 10.0. The molecule has 0 bridgehead atoms. The summed E-state index contributed by atoms with van der Waals surface area (Å²) in [6.45, 7) is 3.76. The monoisotopic (exact) mass is 265 g/mol. The number of esters is 1. The topological polar surface area (TPSA) is 59.2 Å². The van der Waals surface area contributed by atoms with Gasteiger partial charge in [0, 0.05) is 16.6 Å². The Labute approximate surface area is 109 Å². The molecule has 4 nitrogen and oxygen atoms in total. The first-order valence-electron chi connectivity index (χ1n) is 5.53. The highest BCUT2D eigenvalue weighted by molar-refractivity contribution is 6.31. The maximum Gasteiger partial charge on any atom is 0.343 e. The molecule has 1 aromatic heterocycles. The van der Waals surface area contributed by atoms with Gasteiger partial charge in [0.15, 0.2) is 0 Å². The van der Waals surface area contributed by atoms with Crippen molar-refractivity contribution >= 4 is 28.5 Å². The van der Waals surface area contributed by atoms with Gasteiger partial charge in [0.2, 0.25) is 5.43 Å². The van der Waals surface area contributed by atoms with Crippen LogP contribution in [0.4, 0.5) is 0 Å². The number of nitrogens with one attached hydrogen (secondary N) is 1. The Bertz CT molecular complexity index is 676. The van der Waals surface area contributed by atoms with Gasteiger partial charge in [-0.15, -0.1) is 0 Å². The van der Waals surface area contributed by atoms with Crippen LogP contribution in [0.3, 0.4) is 0 Å². The summed E-state index contributed by atoms with van der Waals surface area (Å²) in [6.07, 6.45) is 1.38. The number of ether oxygens (including phenoxy) is 1. The molecule has 0 spiro atoms. The van der Waals surface area contributed by atoms with Gasteiger partial charge in [-0.05, 0) is 31.5 Å². The van der Waals surface area contributed by atoms with E-state index in [-0.39, 0.29) is 17.6 Å². The van der Waals surface area contributed by atoms with E-state index in [0.717, 1.165) is 5.56 Å². The molecule has 1 aromatic carbocycles. The van der Waals surface area contributed by atoms with Gasteiger partial charge in [0.25, 0.3) is 0 Å². The minimum Gasteiger partial charge on any atom is -0.462 e. The largest absolute Gasteiger partial charge is 0.462 e. The molecule has 0 fully saturated rings. The molecular weight excluding hydrogens is 254 g/mol. The van der Waals surface area contributed by atoms with Crippen molar-refractivity contribution in [1.29, 1.82) is 0 Å². The summed E-state index contributed by atoms with van der Waals surface area (Å²) in [6, 6.07) is 3.30. The Morgan fingerprint density at radius 1 is 1.44 bits per heavy atom. The van der Waals surface area contributed by atoms with Gasteiger partial charge in [-0.25, -0.2) is 4.79 Å². The highest BCUT2D eigenvalue weighted by Crippen LogP contribution is 2.19. The molecule has 0 atom stereocenters. The highest BCUT2D eigenvalue weighted by atomic mass is 35.5. The summed E-state index contributed by atoms with van der Waals surface area (Å²) in [7, 11) is 0. The lowest BCUT2D eigenvalue weighted by Crippen LogP contribution is -2.18. The summed E-state index contributed by atoms with van der Waals surface area (Å²) >= 11 is 5.92. The maximum absolute atomic E-state index is 12.2. The van der Waals surface area contributed by atoms with Crippen LogP contribution in [-0.2, 0) is 4.74 Å². The number of carbonyl (C=O) groups is 1. The van der Waals surface area contributed by atoms with Crippen LogP contribution in [0, 0.1) is 6.92 Å². The number of rotatable bonds is 2. The first kappa shape index (κ1) is 12.6. The summed E-state index contributed by atoms with van der Waals surface area (Å²) < 4.78 is 4.83. The predicted octanol–water partition coefficient (Wildman–Crippen LogP) is 2.67. The molecule has 0 aliphatic rings. The molecule has 0 saturated heterocycles. The van der Waals surface area contributed by atoms with Gasteiger partial charge >= 0.3 is 5.97 Å². The second-order valence-electron chi connectivity index (χ2n) is 3.90. The second kappa shape index (κ2) is 4.82. The number of aryl methyl sites for hydroxylation is 1. The van der Waals surface area contributed by atoms with Crippen molar-refractivity contribution in [3.63, 3.8) is 0 Å². The average Bonchev–Trinajstić information content (AvgIpc) is 2.30. The average molecular weight is 266 g/mol. The first-order chi connectivity index (χ1) is 8.54. The van der Waals surface area contributed by atoms with E-state index in [0.29, 0.717) is 15.9 Å². The van der Waals surface area contributed by atoms with Crippen molar-refractivity contribution in [2.24, 2.45) is 0 Å². The number of fused-ring (bicyclic) bond motifs is 1. The number of carbonyl (C=O) groups excluding carboxylic acids is 1. The number of aromatic amines is 1. The molecule has 2 rings (SSSR count). The molecule has 0 radical (unpaired) electrons. The fourth-order valence-electron chi connectivity index (χ4n) is 1.83. The van der Waals surface area contributed by atoms with Crippen LogP contribution in [0.1, 0.15) is 22.8 Å². The number of benzene rings is 1. The third kappa shape index (κ3) is 2.11. The highest BCUT2D eigenvalue weighted by Gasteiger charge is 2.14. The lowest BCUT2D eigenvalue weighted by atomic mass is 10.1. The Morgan fingerprint density at radius 2 is 2.17 bits per heavy atom. The molecule has 1 heterocycles. The van der Waals surface area contributed by atoms with E-state index in [1.165, 1.54) is 6.20 Å². The number of pyridine rings is 1. The molecule has 0 saturated carbocycles. The summed E-state index contributed by atoms with van der Waals surface area (Å²) in [5.74, 6) is -0.627. The second-order valence-corrected chi connectivity index (χ2v) is 4.33. The van der Waals surface area contributed by atoms with Gasteiger partial charge in [0.1, 0.15) is 5.56 Å². The van der Waals surface area contributed by atoms with Crippen molar-refractivity contribution in [3.05, 3.63) is 44.7 Å². The quantitative estimate of drug-likeness (QED) is 0.850.